The van der Waals surface area contributed by atoms with E-state index in [4.69, 9.17) is 9.15 Å². The lowest BCUT2D eigenvalue weighted by Gasteiger charge is -1.99. The van der Waals surface area contributed by atoms with Gasteiger partial charge in [0.25, 0.3) is 5.22 Å². The lowest BCUT2D eigenvalue weighted by molar-refractivity contribution is -0.113. The number of fused-ring (bicyclic) bond motifs is 1. The average molecular weight is 398 g/mol. The molecule has 9 heteroatoms. The second-order valence-corrected chi connectivity index (χ2v) is 7.38. The topological polar surface area (TPSA) is 90.1 Å². The van der Waals surface area contributed by atoms with Gasteiger partial charge in [0.05, 0.1) is 23.1 Å². The van der Waals surface area contributed by atoms with Crippen molar-refractivity contribution >= 4 is 44.4 Å². The quantitative estimate of drug-likeness (QED) is 0.489. The molecule has 1 N–H and O–H groups in total. The number of para-hydroxylation sites is 1. The number of aromatic nitrogens is 3. The van der Waals surface area contributed by atoms with Crippen LogP contribution >= 0.6 is 23.1 Å². The molecule has 7 nitrogen and oxygen atoms in total. The van der Waals surface area contributed by atoms with Crippen LogP contribution in [0.3, 0.4) is 0 Å². The molecule has 27 heavy (non-hydrogen) atoms. The molecule has 4 aromatic rings. The largest absolute Gasteiger partial charge is 0.497 e. The first-order chi connectivity index (χ1) is 13.2. The molecule has 0 aliphatic heterocycles. The van der Waals surface area contributed by atoms with E-state index in [2.05, 4.69) is 20.5 Å². The molecule has 136 valence electrons. The van der Waals surface area contributed by atoms with Crippen LogP contribution in [0.25, 0.3) is 21.7 Å². The van der Waals surface area contributed by atoms with Gasteiger partial charge in [-0.25, -0.2) is 4.98 Å². The number of benzene rings is 2. The fourth-order valence-corrected chi connectivity index (χ4v) is 3.77. The van der Waals surface area contributed by atoms with E-state index in [-0.39, 0.29) is 11.7 Å². The molecule has 0 unspecified atom stereocenters. The van der Waals surface area contributed by atoms with Gasteiger partial charge in [-0.15, -0.1) is 10.2 Å². The number of hydrogen-bond acceptors (Lipinski definition) is 8. The van der Waals surface area contributed by atoms with Crippen LogP contribution in [-0.4, -0.2) is 34.0 Å². The first-order valence-electron chi connectivity index (χ1n) is 7.97. The summed E-state index contributed by atoms with van der Waals surface area (Å²) >= 11 is 2.62. The molecule has 0 aliphatic carbocycles. The molecule has 2 aromatic heterocycles. The molecule has 0 bridgehead atoms. The van der Waals surface area contributed by atoms with Crippen molar-refractivity contribution in [2.24, 2.45) is 0 Å². The minimum atomic E-state index is -0.178. The van der Waals surface area contributed by atoms with Crippen molar-refractivity contribution < 1.29 is 13.9 Å². The number of thiazole rings is 1. The lowest BCUT2D eigenvalue weighted by Crippen LogP contribution is -2.13. The highest BCUT2D eigenvalue weighted by molar-refractivity contribution is 7.99. The number of carbonyl (C=O) groups is 1. The van der Waals surface area contributed by atoms with Crippen LogP contribution in [0.1, 0.15) is 0 Å². The van der Waals surface area contributed by atoms with E-state index in [1.807, 2.05) is 48.5 Å². The number of anilines is 1. The number of carbonyl (C=O) groups excluding carboxylic acids is 1. The van der Waals surface area contributed by atoms with Crippen LogP contribution in [0.2, 0.25) is 0 Å². The molecule has 0 saturated heterocycles. The van der Waals surface area contributed by atoms with Crippen LogP contribution in [0.4, 0.5) is 5.13 Å². The van der Waals surface area contributed by atoms with E-state index in [1.165, 1.54) is 23.1 Å². The third-order valence-electron chi connectivity index (χ3n) is 3.61. The van der Waals surface area contributed by atoms with Crippen LogP contribution in [0.15, 0.2) is 58.2 Å². The van der Waals surface area contributed by atoms with Gasteiger partial charge in [-0.1, -0.05) is 35.2 Å². The Hall–Kier alpha value is -2.91. The summed E-state index contributed by atoms with van der Waals surface area (Å²) in [7, 11) is 1.61. The van der Waals surface area contributed by atoms with Crippen molar-refractivity contribution in [3.8, 4) is 17.2 Å². The summed E-state index contributed by atoms with van der Waals surface area (Å²) in [6, 6.07) is 15.0. The van der Waals surface area contributed by atoms with E-state index in [9.17, 15) is 4.79 Å². The first-order valence-corrected chi connectivity index (χ1v) is 9.77. The number of amides is 1. The number of thioether (sulfide) groups is 1. The standard InChI is InChI=1S/C18H14N4O3S2/c1-24-12-8-6-11(7-9-12)16-21-22-18(25-16)26-10-15(23)20-17-19-13-4-2-3-5-14(13)27-17/h2-9H,10H2,1H3,(H,19,20,23). The fraction of sp³-hybridized carbons (Fsp3) is 0.111. The normalized spacial score (nSPS) is 10.9. The molecule has 0 saturated carbocycles. The van der Waals surface area contributed by atoms with Crippen LogP contribution in [0, 0.1) is 0 Å². The Balaban J connectivity index is 1.35. The van der Waals surface area contributed by atoms with Crippen molar-refractivity contribution in [3.63, 3.8) is 0 Å². The highest BCUT2D eigenvalue weighted by Gasteiger charge is 2.13. The zero-order valence-corrected chi connectivity index (χ0v) is 15.8. The number of nitrogens with zero attached hydrogens (tertiary/aromatic N) is 3. The predicted molar refractivity (Wildman–Crippen MR) is 105 cm³/mol. The predicted octanol–water partition coefficient (Wildman–Crippen LogP) is 4.09. The highest BCUT2D eigenvalue weighted by atomic mass is 32.2. The number of ether oxygens (including phenoxy) is 1. The van der Waals surface area contributed by atoms with Gasteiger partial charge in [0.1, 0.15) is 5.75 Å². The van der Waals surface area contributed by atoms with E-state index < -0.39 is 0 Å². The molecule has 0 radical (unpaired) electrons. The third-order valence-corrected chi connectivity index (χ3v) is 5.38. The maximum Gasteiger partial charge on any atom is 0.277 e. The first kappa shape index (κ1) is 17.5. The molecule has 2 aromatic carbocycles. The summed E-state index contributed by atoms with van der Waals surface area (Å²) in [6.45, 7) is 0. The molecule has 1 amide bonds. The summed E-state index contributed by atoms with van der Waals surface area (Å²) < 4.78 is 11.8. The van der Waals surface area contributed by atoms with Crippen molar-refractivity contribution in [1.82, 2.24) is 15.2 Å². The Labute approximate surface area is 162 Å². The maximum atomic E-state index is 12.1. The van der Waals surface area contributed by atoms with Crippen LogP contribution in [0.5, 0.6) is 5.75 Å². The van der Waals surface area contributed by atoms with E-state index >= 15 is 0 Å². The molecular weight excluding hydrogens is 384 g/mol. The zero-order chi connectivity index (χ0) is 18.6. The van der Waals surface area contributed by atoms with Gasteiger partial charge in [0.15, 0.2) is 5.13 Å². The summed E-state index contributed by atoms with van der Waals surface area (Å²) in [5.41, 5.74) is 1.65. The Morgan fingerprint density at radius 3 is 2.78 bits per heavy atom. The van der Waals surface area contributed by atoms with E-state index in [1.54, 1.807) is 7.11 Å². The highest BCUT2D eigenvalue weighted by Crippen LogP contribution is 2.27. The second kappa shape index (κ2) is 7.77. The Morgan fingerprint density at radius 2 is 2.00 bits per heavy atom. The summed E-state index contributed by atoms with van der Waals surface area (Å²) in [5, 5.41) is 11.7. The zero-order valence-electron chi connectivity index (χ0n) is 14.2. The van der Waals surface area contributed by atoms with Gasteiger partial charge >= 0.3 is 0 Å². The molecule has 4 rings (SSSR count). The second-order valence-electron chi connectivity index (χ2n) is 5.43. The van der Waals surface area contributed by atoms with Gasteiger partial charge in [0, 0.05) is 5.56 Å². The van der Waals surface area contributed by atoms with Crippen LogP contribution < -0.4 is 10.1 Å². The van der Waals surface area contributed by atoms with Gasteiger partial charge in [-0.2, -0.15) is 0 Å². The van der Waals surface area contributed by atoms with Gasteiger partial charge in [-0.3, -0.25) is 4.79 Å². The van der Waals surface area contributed by atoms with E-state index in [0.29, 0.717) is 16.2 Å². The minimum Gasteiger partial charge on any atom is -0.497 e. The molecule has 2 heterocycles. The monoisotopic (exact) mass is 398 g/mol. The van der Waals surface area contributed by atoms with Gasteiger partial charge in [0.2, 0.25) is 11.8 Å². The van der Waals surface area contributed by atoms with Gasteiger partial charge < -0.3 is 14.5 Å². The van der Waals surface area contributed by atoms with Gasteiger partial charge in [-0.05, 0) is 36.4 Å². The summed E-state index contributed by atoms with van der Waals surface area (Å²) in [5.74, 6) is 1.12. The fourth-order valence-electron chi connectivity index (χ4n) is 2.33. The molecule has 0 atom stereocenters. The molecular formula is C18H14N4O3S2. The van der Waals surface area contributed by atoms with Crippen molar-refractivity contribution in [2.45, 2.75) is 5.22 Å². The van der Waals surface area contributed by atoms with Crippen LogP contribution in [-0.2, 0) is 4.79 Å². The third kappa shape index (κ3) is 4.09. The number of hydrogen-bond donors (Lipinski definition) is 1. The molecule has 0 fully saturated rings. The summed E-state index contributed by atoms with van der Waals surface area (Å²) in [6.07, 6.45) is 0. The maximum absolute atomic E-state index is 12.1. The Morgan fingerprint density at radius 1 is 1.19 bits per heavy atom. The lowest BCUT2D eigenvalue weighted by atomic mass is 10.2. The average Bonchev–Trinajstić information content (AvgIpc) is 3.33. The number of nitrogens with one attached hydrogen (secondary N) is 1. The Bertz CT molecular complexity index is 1040. The molecule has 0 spiro atoms. The SMILES string of the molecule is COc1ccc(-c2nnc(SCC(=O)Nc3nc4ccccc4s3)o2)cc1. The summed E-state index contributed by atoms with van der Waals surface area (Å²) in [4.78, 5) is 16.5. The number of rotatable bonds is 6. The minimum absolute atomic E-state index is 0.153. The van der Waals surface area contributed by atoms with Crippen molar-refractivity contribution in [3.05, 3.63) is 48.5 Å². The van der Waals surface area contributed by atoms with Crippen molar-refractivity contribution in [1.29, 1.82) is 0 Å². The van der Waals surface area contributed by atoms with E-state index in [0.717, 1.165) is 21.5 Å². The Kier molecular flexibility index (Phi) is 5.03. The molecule has 0 aliphatic rings. The van der Waals surface area contributed by atoms with Crippen molar-refractivity contribution in [2.75, 3.05) is 18.2 Å². The number of methoxy groups -OCH3 is 1. The smallest absolute Gasteiger partial charge is 0.277 e.